The summed E-state index contributed by atoms with van der Waals surface area (Å²) < 4.78 is 0. The summed E-state index contributed by atoms with van der Waals surface area (Å²) in [4.78, 5) is 4.44. The number of piperidine rings is 1. The summed E-state index contributed by atoms with van der Waals surface area (Å²) in [5, 5.41) is 4.85. The van der Waals surface area contributed by atoms with Crippen LogP contribution in [0.2, 0.25) is 0 Å². The van der Waals surface area contributed by atoms with Gasteiger partial charge in [-0.05, 0) is 36.6 Å². The maximum atomic E-state index is 4.44. The number of nitrogens with zero attached hydrogens (tertiary/aromatic N) is 1. The van der Waals surface area contributed by atoms with Crippen molar-refractivity contribution in [1.82, 2.24) is 10.3 Å². The van der Waals surface area contributed by atoms with Crippen LogP contribution in [0.15, 0.2) is 36.5 Å². The maximum Gasteiger partial charge on any atom is 0.0704 e. The number of nitrogens with one attached hydrogen (secondary N) is 1. The van der Waals surface area contributed by atoms with Crippen molar-refractivity contribution in [1.29, 1.82) is 0 Å². The molecule has 80 valence electrons. The summed E-state index contributed by atoms with van der Waals surface area (Å²) in [6.07, 6.45) is 3.23. The molecule has 2 heterocycles. The molecular formula is C14H14N2. The molecule has 1 aromatic heterocycles. The molecule has 0 bridgehead atoms. The molecular weight excluding hydrogens is 196 g/mol. The molecule has 1 aliphatic carbocycles. The molecule has 2 nitrogen and oxygen atoms in total. The summed E-state index contributed by atoms with van der Waals surface area (Å²) in [7, 11) is 0. The quantitative estimate of drug-likeness (QED) is 0.779. The van der Waals surface area contributed by atoms with E-state index in [1.165, 1.54) is 23.9 Å². The third kappa shape index (κ3) is 0.978. The zero-order valence-corrected chi connectivity index (χ0v) is 9.11. The molecule has 1 aliphatic heterocycles. The maximum absolute atomic E-state index is 4.44. The van der Waals surface area contributed by atoms with Gasteiger partial charge >= 0.3 is 0 Å². The summed E-state index contributed by atoms with van der Waals surface area (Å²) >= 11 is 0. The van der Waals surface area contributed by atoms with Crippen LogP contribution in [0.5, 0.6) is 0 Å². The minimum absolute atomic E-state index is 0.433. The number of hydrogen-bond donors (Lipinski definition) is 1. The summed E-state index contributed by atoms with van der Waals surface area (Å²) in [5.74, 6) is 0.860. The first-order valence-electron chi connectivity index (χ1n) is 5.95. The minimum Gasteiger partial charge on any atom is -0.316 e. The first-order chi connectivity index (χ1) is 7.90. The standard InChI is InChI=1S/C14H14N2/c1-4-12(14-7-10(14)8-15-9-14)11-3-2-6-16-13(11)5-1/h1-6,10,15H,7-9H2/t10-,14+/m0/s1. The highest BCUT2D eigenvalue weighted by molar-refractivity contribution is 5.84. The highest BCUT2D eigenvalue weighted by Gasteiger charge is 2.58. The van der Waals surface area contributed by atoms with Crippen LogP contribution in [-0.4, -0.2) is 18.1 Å². The van der Waals surface area contributed by atoms with Crippen molar-refractivity contribution in [2.75, 3.05) is 13.1 Å². The fourth-order valence-corrected chi connectivity index (χ4v) is 3.30. The largest absolute Gasteiger partial charge is 0.316 e. The van der Waals surface area contributed by atoms with Gasteiger partial charge in [-0.15, -0.1) is 0 Å². The molecule has 16 heavy (non-hydrogen) atoms. The number of rotatable bonds is 1. The lowest BCUT2D eigenvalue weighted by Crippen LogP contribution is -2.19. The van der Waals surface area contributed by atoms with E-state index in [-0.39, 0.29) is 0 Å². The molecule has 2 fully saturated rings. The van der Waals surface area contributed by atoms with Crippen LogP contribution < -0.4 is 5.32 Å². The second-order valence-corrected chi connectivity index (χ2v) is 5.06. The van der Waals surface area contributed by atoms with E-state index in [0.717, 1.165) is 18.0 Å². The fraction of sp³-hybridized carbons (Fsp3) is 0.357. The van der Waals surface area contributed by atoms with Gasteiger partial charge in [-0.2, -0.15) is 0 Å². The van der Waals surface area contributed by atoms with Crippen molar-refractivity contribution >= 4 is 10.9 Å². The average Bonchev–Trinajstić information content (AvgIpc) is 2.91. The first-order valence-corrected chi connectivity index (χ1v) is 5.95. The van der Waals surface area contributed by atoms with Gasteiger partial charge in [0.2, 0.25) is 0 Å². The van der Waals surface area contributed by atoms with Crippen molar-refractivity contribution < 1.29 is 0 Å². The second-order valence-electron chi connectivity index (χ2n) is 5.06. The Kier molecular flexibility index (Phi) is 1.54. The average molecular weight is 210 g/mol. The van der Waals surface area contributed by atoms with Crippen molar-refractivity contribution in [3.63, 3.8) is 0 Å². The minimum atomic E-state index is 0.433. The van der Waals surface area contributed by atoms with Crippen LogP contribution in [0.25, 0.3) is 10.9 Å². The molecule has 0 amide bonds. The first kappa shape index (κ1) is 8.71. The highest BCUT2D eigenvalue weighted by atomic mass is 15.0. The Balaban J connectivity index is 1.98. The molecule has 4 rings (SSSR count). The zero-order chi connectivity index (χ0) is 10.6. The topological polar surface area (TPSA) is 24.9 Å². The molecule has 2 aliphatic rings. The molecule has 2 aromatic rings. The smallest absolute Gasteiger partial charge is 0.0704 e. The third-order valence-corrected chi connectivity index (χ3v) is 4.25. The molecule has 0 spiro atoms. The van der Waals surface area contributed by atoms with Crippen LogP contribution in [0.3, 0.4) is 0 Å². The SMILES string of the molecule is c1cc([C@]23CNC[C@@H]2C3)c2cccnc2c1. The van der Waals surface area contributed by atoms with Crippen LogP contribution in [0.4, 0.5) is 0 Å². The van der Waals surface area contributed by atoms with E-state index in [2.05, 4.69) is 34.6 Å². The Hall–Kier alpha value is -1.41. The number of hydrogen-bond acceptors (Lipinski definition) is 2. The molecule has 2 atom stereocenters. The van der Waals surface area contributed by atoms with E-state index in [0.29, 0.717) is 5.41 Å². The number of benzene rings is 1. The van der Waals surface area contributed by atoms with Crippen LogP contribution >= 0.6 is 0 Å². The number of pyridine rings is 1. The van der Waals surface area contributed by atoms with E-state index in [4.69, 9.17) is 0 Å². The molecule has 2 heteroatoms. The number of aromatic nitrogens is 1. The van der Waals surface area contributed by atoms with E-state index >= 15 is 0 Å². The Morgan fingerprint density at radius 3 is 3.06 bits per heavy atom. The molecule has 1 N–H and O–H groups in total. The molecule has 0 unspecified atom stereocenters. The van der Waals surface area contributed by atoms with Gasteiger partial charge in [-0.3, -0.25) is 4.98 Å². The van der Waals surface area contributed by atoms with Gasteiger partial charge in [-0.25, -0.2) is 0 Å². The Morgan fingerprint density at radius 2 is 2.25 bits per heavy atom. The molecule has 1 saturated heterocycles. The lowest BCUT2D eigenvalue weighted by atomic mass is 9.91. The molecule has 1 aromatic carbocycles. The van der Waals surface area contributed by atoms with Crippen molar-refractivity contribution in [3.05, 3.63) is 42.1 Å². The predicted molar refractivity (Wildman–Crippen MR) is 64.4 cm³/mol. The normalized spacial score (nSPS) is 31.6. The molecule has 0 radical (unpaired) electrons. The van der Waals surface area contributed by atoms with Gasteiger partial charge in [0.15, 0.2) is 0 Å². The Morgan fingerprint density at radius 1 is 1.25 bits per heavy atom. The predicted octanol–water partition coefficient (Wildman–Crippen LogP) is 2.10. The summed E-state index contributed by atoms with van der Waals surface area (Å²) in [6, 6.07) is 10.8. The van der Waals surface area contributed by atoms with Crippen molar-refractivity contribution in [2.45, 2.75) is 11.8 Å². The van der Waals surface area contributed by atoms with Gasteiger partial charge in [0.05, 0.1) is 5.52 Å². The zero-order valence-electron chi connectivity index (χ0n) is 9.11. The highest BCUT2D eigenvalue weighted by Crippen LogP contribution is 2.57. The van der Waals surface area contributed by atoms with Gasteiger partial charge in [-0.1, -0.05) is 18.2 Å². The molecule has 1 saturated carbocycles. The van der Waals surface area contributed by atoms with Gasteiger partial charge in [0.25, 0.3) is 0 Å². The van der Waals surface area contributed by atoms with E-state index in [9.17, 15) is 0 Å². The second kappa shape index (κ2) is 2.83. The van der Waals surface area contributed by atoms with Crippen LogP contribution in [0, 0.1) is 5.92 Å². The van der Waals surface area contributed by atoms with Crippen molar-refractivity contribution in [2.24, 2.45) is 5.92 Å². The summed E-state index contributed by atoms with van der Waals surface area (Å²) in [6.45, 7) is 2.34. The third-order valence-electron chi connectivity index (χ3n) is 4.25. The summed E-state index contributed by atoms with van der Waals surface area (Å²) in [5.41, 5.74) is 3.07. The van der Waals surface area contributed by atoms with E-state index < -0.39 is 0 Å². The number of fused-ring (bicyclic) bond motifs is 2. The monoisotopic (exact) mass is 210 g/mol. The fourth-order valence-electron chi connectivity index (χ4n) is 3.30. The van der Waals surface area contributed by atoms with Crippen LogP contribution in [0.1, 0.15) is 12.0 Å². The van der Waals surface area contributed by atoms with E-state index in [1.54, 1.807) is 0 Å². The lowest BCUT2D eigenvalue weighted by molar-refractivity contribution is 0.680. The van der Waals surface area contributed by atoms with Crippen LogP contribution in [-0.2, 0) is 5.41 Å². The van der Waals surface area contributed by atoms with E-state index in [1.807, 2.05) is 12.3 Å². The lowest BCUT2D eigenvalue weighted by Gasteiger charge is -2.14. The van der Waals surface area contributed by atoms with Crippen molar-refractivity contribution in [3.8, 4) is 0 Å². The Bertz CT molecular complexity index is 558. The van der Waals surface area contributed by atoms with Gasteiger partial charge in [0.1, 0.15) is 0 Å². The van der Waals surface area contributed by atoms with Gasteiger partial charge in [0, 0.05) is 23.5 Å². The van der Waals surface area contributed by atoms with Gasteiger partial charge < -0.3 is 5.32 Å². The Labute approximate surface area is 94.7 Å².